The minimum Gasteiger partial charge on any atom is -0.484 e. The van der Waals surface area contributed by atoms with Crippen LogP contribution in [0, 0.1) is 5.92 Å². The van der Waals surface area contributed by atoms with Crippen LogP contribution >= 0.6 is 15.9 Å². The fourth-order valence-electron chi connectivity index (χ4n) is 2.57. The molecular weight excluding hydrogens is 420 g/mol. The summed E-state index contributed by atoms with van der Waals surface area (Å²) >= 11 is 3.37. The summed E-state index contributed by atoms with van der Waals surface area (Å²) in [6.45, 7) is 6.60. The van der Waals surface area contributed by atoms with Gasteiger partial charge in [-0.1, -0.05) is 60.1 Å². The highest BCUT2D eigenvalue weighted by atomic mass is 79.9. The summed E-state index contributed by atoms with van der Waals surface area (Å²) in [6.07, 6.45) is 0. The second-order valence-electron chi connectivity index (χ2n) is 7.06. The molecule has 5 nitrogen and oxygen atoms in total. The number of carbonyl (C=O) groups excluding carboxylic acids is 2. The van der Waals surface area contributed by atoms with Gasteiger partial charge in [0.15, 0.2) is 6.61 Å². The second kappa shape index (κ2) is 10.9. The molecule has 0 aliphatic carbocycles. The van der Waals surface area contributed by atoms with Crippen LogP contribution < -0.4 is 10.1 Å². The number of nitrogens with one attached hydrogen (secondary N) is 1. The zero-order valence-electron chi connectivity index (χ0n) is 16.5. The van der Waals surface area contributed by atoms with Gasteiger partial charge >= 0.3 is 0 Å². The molecule has 0 saturated carbocycles. The molecule has 0 radical (unpaired) electrons. The van der Waals surface area contributed by atoms with E-state index in [1.54, 1.807) is 24.0 Å². The van der Waals surface area contributed by atoms with Gasteiger partial charge in [-0.3, -0.25) is 9.59 Å². The third-order valence-corrected chi connectivity index (χ3v) is 4.75. The van der Waals surface area contributed by atoms with Crippen molar-refractivity contribution >= 4 is 27.7 Å². The highest BCUT2D eigenvalue weighted by Crippen LogP contribution is 2.17. The maximum atomic E-state index is 12.9. The Morgan fingerprint density at radius 3 is 2.29 bits per heavy atom. The Morgan fingerprint density at radius 1 is 1.04 bits per heavy atom. The van der Waals surface area contributed by atoms with E-state index in [9.17, 15) is 9.59 Å². The van der Waals surface area contributed by atoms with Crippen molar-refractivity contribution < 1.29 is 14.3 Å². The van der Waals surface area contributed by atoms with Gasteiger partial charge in [0.1, 0.15) is 11.8 Å². The van der Waals surface area contributed by atoms with Crippen LogP contribution in [0.3, 0.4) is 0 Å². The summed E-state index contributed by atoms with van der Waals surface area (Å²) in [4.78, 5) is 27.0. The van der Waals surface area contributed by atoms with Crippen molar-refractivity contribution in [3.63, 3.8) is 0 Å². The monoisotopic (exact) mass is 446 g/mol. The summed E-state index contributed by atoms with van der Waals surface area (Å²) in [6, 6.07) is 16.3. The van der Waals surface area contributed by atoms with Crippen LogP contribution in [0.15, 0.2) is 59.1 Å². The molecule has 0 saturated heterocycles. The fraction of sp³-hybridized carbons (Fsp3) is 0.364. The van der Waals surface area contributed by atoms with Crippen molar-refractivity contribution in [2.45, 2.75) is 33.4 Å². The van der Waals surface area contributed by atoms with E-state index in [1.807, 2.05) is 56.3 Å². The van der Waals surface area contributed by atoms with E-state index in [4.69, 9.17) is 4.74 Å². The molecule has 28 heavy (non-hydrogen) atoms. The molecule has 0 heterocycles. The maximum Gasteiger partial charge on any atom is 0.261 e. The van der Waals surface area contributed by atoms with E-state index in [1.165, 1.54) is 0 Å². The number of carbonyl (C=O) groups is 2. The molecule has 1 N–H and O–H groups in total. The Balaban J connectivity index is 2.08. The normalized spacial score (nSPS) is 11.8. The fourth-order valence-corrected chi connectivity index (χ4v) is 2.84. The third kappa shape index (κ3) is 7.00. The SMILES string of the molecule is CC(C)CNC(=O)[C@H](C)N(Cc1ccccc1)C(=O)COc1ccc(Br)cc1. The van der Waals surface area contributed by atoms with E-state index in [2.05, 4.69) is 21.2 Å². The second-order valence-corrected chi connectivity index (χ2v) is 7.98. The number of benzene rings is 2. The molecule has 0 aliphatic heterocycles. The summed E-state index contributed by atoms with van der Waals surface area (Å²) in [7, 11) is 0. The van der Waals surface area contributed by atoms with E-state index in [0.717, 1.165) is 10.0 Å². The predicted molar refractivity (Wildman–Crippen MR) is 114 cm³/mol. The molecule has 0 spiro atoms. The Hall–Kier alpha value is -2.34. The van der Waals surface area contributed by atoms with Gasteiger partial charge in [-0.05, 0) is 42.7 Å². The van der Waals surface area contributed by atoms with Gasteiger partial charge in [-0.25, -0.2) is 0 Å². The molecule has 0 fully saturated rings. The smallest absolute Gasteiger partial charge is 0.261 e. The van der Waals surface area contributed by atoms with Crippen LogP contribution in [-0.2, 0) is 16.1 Å². The van der Waals surface area contributed by atoms with Crippen molar-refractivity contribution in [2.24, 2.45) is 5.92 Å². The van der Waals surface area contributed by atoms with Crippen LogP contribution in [0.4, 0.5) is 0 Å². The quantitative estimate of drug-likeness (QED) is 0.632. The Kier molecular flexibility index (Phi) is 8.51. The lowest BCUT2D eigenvalue weighted by molar-refractivity contribution is -0.142. The molecule has 0 aromatic heterocycles. The van der Waals surface area contributed by atoms with E-state index in [-0.39, 0.29) is 18.4 Å². The zero-order valence-corrected chi connectivity index (χ0v) is 18.1. The third-order valence-electron chi connectivity index (χ3n) is 4.22. The van der Waals surface area contributed by atoms with Crippen LogP contribution in [0.5, 0.6) is 5.75 Å². The van der Waals surface area contributed by atoms with Crippen molar-refractivity contribution in [1.82, 2.24) is 10.2 Å². The zero-order chi connectivity index (χ0) is 20.5. The molecule has 0 bridgehead atoms. The Morgan fingerprint density at radius 2 is 1.68 bits per heavy atom. The van der Waals surface area contributed by atoms with Gasteiger partial charge in [-0.2, -0.15) is 0 Å². The first-order chi connectivity index (χ1) is 13.4. The molecule has 0 aliphatic rings. The first kappa shape index (κ1) is 22.0. The molecular formula is C22H27BrN2O3. The molecule has 2 aromatic carbocycles. The molecule has 150 valence electrons. The molecule has 2 amide bonds. The van der Waals surface area contributed by atoms with E-state index >= 15 is 0 Å². The first-order valence-corrected chi connectivity index (χ1v) is 10.2. The minimum atomic E-state index is -0.597. The van der Waals surface area contributed by atoms with Crippen LogP contribution in [0.1, 0.15) is 26.3 Å². The average molecular weight is 447 g/mol. The minimum absolute atomic E-state index is 0.129. The number of amides is 2. The van der Waals surface area contributed by atoms with Gasteiger partial charge in [-0.15, -0.1) is 0 Å². The standard InChI is InChI=1S/C22H27BrN2O3/c1-16(2)13-24-22(27)17(3)25(14-18-7-5-4-6-8-18)21(26)15-28-20-11-9-19(23)10-12-20/h4-12,16-17H,13-15H2,1-3H3,(H,24,27)/t17-/m0/s1. The molecule has 2 rings (SSSR count). The van der Waals surface area contributed by atoms with Crippen LogP contribution in [0.2, 0.25) is 0 Å². The summed E-state index contributed by atoms with van der Waals surface area (Å²) < 4.78 is 6.56. The Labute approximate surface area is 175 Å². The summed E-state index contributed by atoms with van der Waals surface area (Å²) in [5.41, 5.74) is 0.961. The van der Waals surface area contributed by atoms with Gasteiger partial charge in [0, 0.05) is 17.6 Å². The van der Waals surface area contributed by atoms with Crippen molar-refractivity contribution in [3.8, 4) is 5.75 Å². The Bertz CT molecular complexity index is 763. The number of rotatable bonds is 9. The van der Waals surface area contributed by atoms with E-state index in [0.29, 0.717) is 24.8 Å². The van der Waals surface area contributed by atoms with Gasteiger partial charge < -0.3 is 15.0 Å². The molecule has 1 atom stereocenters. The van der Waals surface area contributed by atoms with Crippen molar-refractivity contribution in [2.75, 3.05) is 13.2 Å². The van der Waals surface area contributed by atoms with Crippen LogP contribution in [0.25, 0.3) is 0 Å². The summed E-state index contributed by atoms with van der Waals surface area (Å²) in [5, 5.41) is 2.90. The highest BCUT2D eigenvalue weighted by molar-refractivity contribution is 9.10. The van der Waals surface area contributed by atoms with Crippen molar-refractivity contribution in [3.05, 3.63) is 64.6 Å². The van der Waals surface area contributed by atoms with Gasteiger partial charge in [0.2, 0.25) is 5.91 Å². The lowest BCUT2D eigenvalue weighted by Gasteiger charge is -2.29. The number of hydrogen-bond donors (Lipinski definition) is 1. The summed E-state index contributed by atoms with van der Waals surface area (Å²) in [5.74, 6) is 0.545. The number of ether oxygens (including phenoxy) is 1. The number of nitrogens with zero attached hydrogens (tertiary/aromatic N) is 1. The largest absolute Gasteiger partial charge is 0.484 e. The maximum absolute atomic E-state index is 12.9. The van der Waals surface area contributed by atoms with Crippen molar-refractivity contribution in [1.29, 1.82) is 0 Å². The van der Waals surface area contributed by atoms with Crippen LogP contribution in [-0.4, -0.2) is 35.9 Å². The predicted octanol–water partition coefficient (Wildman–Crippen LogP) is 4.02. The van der Waals surface area contributed by atoms with E-state index < -0.39 is 6.04 Å². The lowest BCUT2D eigenvalue weighted by atomic mass is 10.1. The van der Waals surface area contributed by atoms with Gasteiger partial charge in [0.05, 0.1) is 0 Å². The molecule has 6 heteroatoms. The molecule has 2 aromatic rings. The average Bonchev–Trinajstić information content (AvgIpc) is 2.69. The first-order valence-electron chi connectivity index (χ1n) is 9.36. The van der Waals surface area contributed by atoms with Gasteiger partial charge in [0.25, 0.3) is 5.91 Å². The lowest BCUT2D eigenvalue weighted by Crippen LogP contribution is -2.49. The highest BCUT2D eigenvalue weighted by Gasteiger charge is 2.26. The molecule has 0 unspecified atom stereocenters. The number of hydrogen-bond acceptors (Lipinski definition) is 3. The topological polar surface area (TPSA) is 58.6 Å². The number of halogens is 1.